The Morgan fingerprint density at radius 3 is 2.35 bits per heavy atom. The summed E-state index contributed by atoms with van der Waals surface area (Å²) in [4.78, 5) is 11.6. The van der Waals surface area contributed by atoms with Gasteiger partial charge in [0.25, 0.3) is 0 Å². The number of hydrogen-bond acceptors (Lipinski definition) is 3. The highest BCUT2D eigenvalue weighted by Gasteiger charge is 2.32. The van der Waals surface area contributed by atoms with Crippen molar-refractivity contribution in [3.05, 3.63) is 0 Å². The van der Waals surface area contributed by atoms with E-state index in [9.17, 15) is 9.90 Å². The van der Waals surface area contributed by atoms with Gasteiger partial charge in [-0.05, 0) is 6.42 Å². The first-order valence-corrected chi connectivity index (χ1v) is 6.52. The summed E-state index contributed by atoms with van der Waals surface area (Å²) in [5, 5.41) is 21.5. The van der Waals surface area contributed by atoms with Gasteiger partial charge in [-0.1, -0.05) is 46.5 Å². The van der Waals surface area contributed by atoms with Crippen LogP contribution < -0.4 is 5.32 Å². The molecule has 0 fully saturated rings. The molecule has 102 valence electrons. The molecular weight excluding hydrogens is 218 g/mol. The van der Waals surface area contributed by atoms with Crippen LogP contribution in [-0.2, 0) is 4.79 Å². The first-order valence-electron chi connectivity index (χ1n) is 6.52. The molecule has 0 saturated heterocycles. The molecule has 0 aliphatic rings. The molecule has 0 aromatic heterocycles. The van der Waals surface area contributed by atoms with Crippen molar-refractivity contribution in [2.45, 2.75) is 59.0 Å². The Morgan fingerprint density at radius 1 is 1.24 bits per heavy atom. The van der Waals surface area contributed by atoms with Gasteiger partial charge in [-0.3, -0.25) is 4.79 Å². The number of hydrogen-bond donors (Lipinski definition) is 3. The summed E-state index contributed by atoms with van der Waals surface area (Å²) in [6, 6.07) is 0. The minimum absolute atomic E-state index is 0.210. The van der Waals surface area contributed by atoms with E-state index in [1.165, 1.54) is 19.3 Å². The van der Waals surface area contributed by atoms with E-state index in [2.05, 4.69) is 12.2 Å². The van der Waals surface area contributed by atoms with Gasteiger partial charge >= 0.3 is 0 Å². The zero-order valence-corrected chi connectivity index (χ0v) is 11.3. The maximum Gasteiger partial charge on any atom is 0.249 e. The third-order valence-electron chi connectivity index (χ3n) is 2.98. The van der Waals surface area contributed by atoms with Crippen LogP contribution in [0.1, 0.15) is 52.9 Å². The van der Waals surface area contributed by atoms with E-state index < -0.39 is 11.5 Å². The summed E-state index contributed by atoms with van der Waals surface area (Å²) in [6.07, 6.45) is 4.52. The van der Waals surface area contributed by atoms with Gasteiger partial charge in [-0.25, -0.2) is 0 Å². The summed E-state index contributed by atoms with van der Waals surface area (Å²) >= 11 is 0. The van der Waals surface area contributed by atoms with Crippen LogP contribution in [0.4, 0.5) is 0 Å². The van der Waals surface area contributed by atoms with Crippen molar-refractivity contribution in [3.8, 4) is 0 Å². The Labute approximate surface area is 104 Å². The van der Waals surface area contributed by atoms with Gasteiger partial charge in [0, 0.05) is 12.0 Å². The molecule has 4 nitrogen and oxygen atoms in total. The molecule has 0 rings (SSSR count). The van der Waals surface area contributed by atoms with Gasteiger partial charge < -0.3 is 15.5 Å². The van der Waals surface area contributed by atoms with E-state index in [0.29, 0.717) is 6.54 Å². The zero-order valence-electron chi connectivity index (χ0n) is 11.3. The van der Waals surface area contributed by atoms with E-state index in [1.807, 2.05) is 0 Å². The fraction of sp³-hybridized carbons (Fsp3) is 0.923. The maximum absolute atomic E-state index is 11.6. The molecule has 0 radical (unpaired) electrons. The monoisotopic (exact) mass is 245 g/mol. The molecule has 17 heavy (non-hydrogen) atoms. The van der Waals surface area contributed by atoms with Gasteiger partial charge in [0.1, 0.15) is 6.10 Å². The van der Waals surface area contributed by atoms with Gasteiger partial charge in [0.05, 0.1) is 6.61 Å². The number of amides is 1. The molecule has 0 aromatic carbocycles. The van der Waals surface area contributed by atoms with Crippen molar-refractivity contribution in [2.75, 3.05) is 13.2 Å². The van der Waals surface area contributed by atoms with Gasteiger partial charge in [0.15, 0.2) is 0 Å². The fourth-order valence-corrected chi connectivity index (χ4v) is 1.48. The van der Waals surface area contributed by atoms with Crippen molar-refractivity contribution in [1.82, 2.24) is 5.32 Å². The average Bonchev–Trinajstić information content (AvgIpc) is 2.32. The van der Waals surface area contributed by atoms with Crippen LogP contribution in [0.15, 0.2) is 0 Å². The first-order chi connectivity index (χ1) is 7.95. The second-order valence-electron chi connectivity index (χ2n) is 5.25. The van der Waals surface area contributed by atoms with Crippen LogP contribution in [0.5, 0.6) is 0 Å². The lowest BCUT2D eigenvalue weighted by molar-refractivity contribution is -0.137. The van der Waals surface area contributed by atoms with Crippen molar-refractivity contribution in [2.24, 2.45) is 5.41 Å². The van der Waals surface area contributed by atoms with E-state index >= 15 is 0 Å². The number of rotatable bonds is 9. The minimum Gasteiger partial charge on any atom is -0.396 e. The number of aliphatic hydroxyl groups is 2. The Hall–Kier alpha value is -0.610. The number of carbonyl (C=O) groups is 1. The molecule has 0 aliphatic heterocycles. The van der Waals surface area contributed by atoms with Crippen LogP contribution in [0.25, 0.3) is 0 Å². The summed E-state index contributed by atoms with van der Waals surface area (Å²) in [5.74, 6) is -0.389. The lowest BCUT2D eigenvalue weighted by atomic mass is 9.87. The van der Waals surface area contributed by atoms with Crippen molar-refractivity contribution >= 4 is 5.91 Å². The number of carbonyl (C=O) groups excluding carboxylic acids is 1. The molecule has 0 saturated carbocycles. The summed E-state index contributed by atoms with van der Waals surface area (Å²) in [6.45, 7) is 5.88. The third-order valence-corrected chi connectivity index (χ3v) is 2.98. The normalized spacial score (nSPS) is 13.5. The Kier molecular flexibility index (Phi) is 8.17. The average molecular weight is 245 g/mol. The van der Waals surface area contributed by atoms with Crippen molar-refractivity contribution < 1.29 is 15.0 Å². The Bertz CT molecular complexity index is 217. The molecule has 0 aromatic rings. The molecule has 1 unspecified atom stereocenters. The van der Waals surface area contributed by atoms with E-state index in [4.69, 9.17) is 5.11 Å². The van der Waals surface area contributed by atoms with Crippen LogP contribution in [0.3, 0.4) is 0 Å². The lowest BCUT2D eigenvalue weighted by Crippen LogP contribution is -2.45. The molecule has 1 amide bonds. The molecule has 4 heteroatoms. The molecule has 0 spiro atoms. The standard InChI is InChI=1S/C13H27NO3/c1-4-5-6-7-8-9-14-12(17)11(16)13(2,3)10-15/h11,15-16H,4-10H2,1-3H3,(H,14,17). The minimum atomic E-state index is -1.15. The van der Waals surface area contributed by atoms with Gasteiger partial charge in [0.2, 0.25) is 5.91 Å². The third kappa shape index (κ3) is 6.64. The predicted molar refractivity (Wildman–Crippen MR) is 68.6 cm³/mol. The smallest absolute Gasteiger partial charge is 0.249 e. The van der Waals surface area contributed by atoms with Crippen LogP contribution in [0, 0.1) is 5.41 Å². The molecule has 0 aliphatic carbocycles. The fourth-order valence-electron chi connectivity index (χ4n) is 1.48. The second kappa shape index (κ2) is 8.48. The maximum atomic E-state index is 11.6. The number of aliphatic hydroxyl groups excluding tert-OH is 2. The quantitative estimate of drug-likeness (QED) is 0.539. The predicted octanol–water partition coefficient (Wildman–Crippen LogP) is 1.45. The van der Waals surface area contributed by atoms with E-state index in [-0.39, 0.29) is 12.5 Å². The summed E-state index contributed by atoms with van der Waals surface area (Å²) in [7, 11) is 0. The van der Waals surface area contributed by atoms with Gasteiger partial charge in [-0.15, -0.1) is 0 Å². The Balaban J connectivity index is 3.72. The topological polar surface area (TPSA) is 69.6 Å². The first kappa shape index (κ1) is 16.4. The summed E-state index contributed by atoms with van der Waals surface area (Å²) in [5.41, 5.74) is -0.785. The van der Waals surface area contributed by atoms with Gasteiger partial charge in [-0.2, -0.15) is 0 Å². The summed E-state index contributed by atoms with van der Waals surface area (Å²) < 4.78 is 0. The zero-order chi connectivity index (χ0) is 13.3. The highest BCUT2D eigenvalue weighted by atomic mass is 16.3. The molecule has 0 heterocycles. The number of nitrogens with one attached hydrogen (secondary N) is 1. The molecule has 3 N–H and O–H groups in total. The SMILES string of the molecule is CCCCCCCNC(=O)C(O)C(C)(C)CO. The van der Waals surface area contributed by atoms with E-state index in [0.717, 1.165) is 12.8 Å². The van der Waals surface area contributed by atoms with Crippen LogP contribution >= 0.6 is 0 Å². The Morgan fingerprint density at radius 2 is 1.82 bits per heavy atom. The second-order valence-corrected chi connectivity index (χ2v) is 5.25. The largest absolute Gasteiger partial charge is 0.396 e. The van der Waals surface area contributed by atoms with Crippen LogP contribution in [0.2, 0.25) is 0 Å². The van der Waals surface area contributed by atoms with E-state index in [1.54, 1.807) is 13.8 Å². The highest BCUT2D eigenvalue weighted by Crippen LogP contribution is 2.19. The van der Waals surface area contributed by atoms with Crippen LogP contribution in [-0.4, -0.2) is 35.4 Å². The molecule has 0 bridgehead atoms. The molecule has 1 atom stereocenters. The van der Waals surface area contributed by atoms with Crippen molar-refractivity contribution in [3.63, 3.8) is 0 Å². The lowest BCUT2D eigenvalue weighted by Gasteiger charge is -2.27. The highest BCUT2D eigenvalue weighted by molar-refractivity contribution is 5.81. The van der Waals surface area contributed by atoms with Crippen molar-refractivity contribution in [1.29, 1.82) is 0 Å². The molecular formula is C13H27NO3. The number of unbranched alkanes of at least 4 members (excludes halogenated alkanes) is 4.